The lowest BCUT2D eigenvalue weighted by molar-refractivity contribution is -0.146. The molecule has 3 aromatic rings. The summed E-state index contributed by atoms with van der Waals surface area (Å²) in [5.41, 5.74) is 0.793. The van der Waals surface area contributed by atoms with E-state index in [1.807, 2.05) is 0 Å². The second-order valence-electron chi connectivity index (χ2n) is 7.39. The molecule has 2 aliphatic rings. The zero-order valence-electron chi connectivity index (χ0n) is 16.7. The molecular weight excluding hydrogens is 467 g/mol. The number of benzene rings is 2. The van der Waals surface area contributed by atoms with E-state index in [9.17, 15) is 23.1 Å². The summed E-state index contributed by atoms with van der Waals surface area (Å²) in [6.45, 7) is 0.601. The van der Waals surface area contributed by atoms with Crippen molar-refractivity contribution in [2.45, 2.75) is 24.8 Å². The number of carboxylic acids is 1. The molecule has 5 rings (SSSR count). The Hall–Kier alpha value is -3.31. The number of ether oxygens (including phenoxy) is 3. The number of rotatable bonds is 3. The fourth-order valence-electron chi connectivity index (χ4n) is 4.00. The number of carboxylic acid groups (broad SMARTS) is 1. The first-order valence-corrected chi connectivity index (χ1v) is 10.2. The Morgan fingerprint density at radius 1 is 1.15 bits per heavy atom. The van der Waals surface area contributed by atoms with Crippen LogP contribution in [0.25, 0.3) is 5.69 Å². The van der Waals surface area contributed by atoms with Crippen molar-refractivity contribution in [3.63, 3.8) is 0 Å². The van der Waals surface area contributed by atoms with Crippen LogP contribution in [0.4, 0.5) is 13.2 Å². The Morgan fingerprint density at radius 2 is 1.94 bits per heavy atom. The van der Waals surface area contributed by atoms with Gasteiger partial charge in [0.1, 0.15) is 25.4 Å². The van der Waals surface area contributed by atoms with Crippen molar-refractivity contribution in [1.82, 2.24) is 14.8 Å². The molecular formula is C21H15ClF3N3O5. The molecule has 0 saturated carbocycles. The van der Waals surface area contributed by atoms with Crippen LogP contribution in [0.3, 0.4) is 0 Å². The summed E-state index contributed by atoms with van der Waals surface area (Å²) in [6, 6.07) is 9.36. The maximum atomic E-state index is 13.8. The lowest BCUT2D eigenvalue weighted by Gasteiger charge is -2.27. The molecule has 2 aromatic carbocycles. The van der Waals surface area contributed by atoms with E-state index in [0.717, 1.165) is 4.57 Å². The standard InChI is InChI=1S/C21H15ClF3N3O5/c22-10-4-5-13-12(8-10)17(11-2-1-3-14-18(11)32-7-6-31-14)33-15(9-16(29)30)19-26-27-20(28(13)19)21(23,24)25/h1-5,8,15,17H,6-7,9H2,(H,29,30)/t15-,17-/m1/s1. The second-order valence-corrected chi connectivity index (χ2v) is 7.83. The van der Waals surface area contributed by atoms with Crippen molar-refractivity contribution in [3.8, 4) is 17.2 Å². The largest absolute Gasteiger partial charge is 0.486 e. The summed E-state index contributed by atoms with van der Waals surface area (Å²) in [5.74, 6) is -2.04. The van der Waals surface area contributed by atoms with Gasteiger partial charge in [-0.2, -0.15) is 13.2 Å². The van der Waals surface area contributed by atoms with Gasteiger partial charge in [0, 0.05) is 16.1 Å². The first kappa shape index (κ1) is 21.5. The molecule has 0 aliphatic carbocycles. The number of alkyl halides is 3. The van der Waals surface area contributed by atoms with Crippen LogP contribution in [0, 0.1) is 0 Å². The maximum absolute atomic E-state index is 13.8. The molecule has 3 heterocycles. The summed E-state index contributed by atoms with van der Waals surface area (Å²) in [7, 11) is 0. The van der Waals surface area contributed by atoms with Gasteiger partial charge >= 0.3 is 12.1 Å². The summed E-state index contributed by atoms with van der Waals surface area (Å²) in [6.07, 6.45) is -7.86. The summed E-state index contributed by atoms with van der Waals surface area (Å²) >= 11 is 6.21. The Kier molecular flexibility index (Phi) is 5.17. The smallest absolute Gasteiger partial charge is 0.452 e. The Bertz CT molecular complexity index is 1250. The first-order valence-electron chi connectivity index (χ1n) is 9.82. The van der Waals surface area contributed by atoms with Gasteiger partial charge in [-0.3, -0.25) is 9.36 Å². The van der Waals surface area contributed by atoms with Crippen molar-refractivity contribution < 1.29 is 37.3 Å². The zero-order valence-corrected chi connectivity index (χ0v) is 17.4. The van der Waals surface area contributed by atoms with E-state index in [0.29, 0.717) is 23.7 Å². The van der Waals surface area contributed by atoms with Crippen LogP contribution in [-0.4, -0.2) is 39.1 Å². The maximum Gasteiger partial charge on any atom is 0.452 e. The van der Waals surface area contributed by atoms with Gasteiger partial charge in [0.15, 0.2) is 17.3 Å². The van der Waals surface area contributed by atoms with Gasteiger partial charge in [-0.1, -0.05) is 23.7 Å². The highest BCUT2D eigenvalue weighted by atomic mass is 35.5. The van der Waals surface area contributed by atoms with Crippen molar-refractivity contribution >= 4 is 17.6 Å². The third kappa shape index (κ3) is 3.76. The number of halogens is 4. The molecule has 0 spiro atoms. The molecule has 1 N–H and O–H groups in total. The third-order valence-corrected chi connectivity index (χ3v) is 5.52. The van der Waals surface area contributed by atoms with Crippen LogP contribution < -0.4 is 9.47 Å². The highest BCUT2D eigenvalue weighted by Crippen LogP contribution is 2.47. The van der Waals surface area contributed by atoms with Crippen LogP contribution in [-0.2, 0) is 15.7 Å². The average molecular weight is 482 g/mol. The Balaban J connectivity index is 1.78. The minimum absolute atomic E-state index is 0.0685. The Morgan fingerprint density at radius 3 is 2.70 bits per heavy atom. The van der Waals surface area contributed by atoms with Crippen molar-refractivity contribution in [2.75, 3.05) is 13.2 Å². The molecule has 1 aromatic heterocycles. The lowest BCUT2D eigenvalue weighted by atomic mass is 9.98. The number of carbonyl (C=O) groups is 1. The molecule has 8 nitrogen and oxygen atoms in total. The average Bonchev–Trinajstić information content (AvgIpc) is 3.17. The van der Waals surface area contributed by atoms with E-state index < -0.39 is 36.6 Å². The van der Waals surface area contributed by atoms with Gasteiger partial charge in [0.05, 0.1) is 12.1 Å². The molecule has 0 saturated heterocycles. The number of aromatic nitrogens is 3. The fourth-order valence-corrected chi connectivity index (χ4v) is 4.19. The number of fused-ring (bicyclic) bond motifs is 4. The van der Waals surface area contributed by atoms with Gasteiger partial charge in [-0.25, -0.2) is 0 Å². The monoisotopic (exact) mass is 481 g/mol. The minimum atomic E-state index is -4.85. The van der Waals surface area contributed by atoms with E-state index in [-0.39, 0.29) is 28.7 Å². The third-order valence-electron chi connectivity index (χ3n) is 5.28. The van der Waals surface area contributed by atoms with Gasteiger partial charge in [-0.15, -0.1) is 10.2 Å². The van der Waals surface area contributed by atoms with Gasteiger partial charge in [-0.05, 0) is 24.3 Å². The van der Waals surface area contributed by atoms with Crippen molar-refractivity contribution in [2.24, 2.45) is 0 Å². The number of hydrogen-bond donors (Lipinski definition) is 1. The van der Waals surface area contributed by atoms with Crippen molar-refractivity contribution in [1.29, 1.82) is 0 Å². The van der Waals surface area contributed by atoms with Gasteiger partial charge in [0.2, 0.25) is 5.82 Å². The van der Waals surface area contributed by atoms with E-state index >= 15 is 0 Å². The normalized spacial score (nSPS) is 19.4. The van der Waals surface area contributed by atoms with Crippen LogP contribution in [0.1, 0.15) is 41.4 Å². The second kappa shape index (κ2) is 7.92. The number of aliphatic carboxylic acids is 1. The van der Waals surface area contributed by atoms with Crippen LogP contribution in [0.5, 0.6) is 11.5 Å². The predicted molar refractivity (Wildman–Crippen MR) is 107 cm³/mol. The molecule has 172 valence electrons. The van der Waals surface area contributed by atoms with E-state index in [1.165, 1.54) is 18.2 Å². The van der Waals surface area contributed by atoms with E-state index in [1.54, 1.807) is 18.2 Å². The van der Waals surface area contributed by atoms with Crippen LogP contribution in [0.15, 0.2) is 36.4 Å². The summed E-state index contributed by atoms with van der Waals surface area (Å²) in [5, 5.41) is 16.7. The highest BCUT2D eigenvalue weighted by Gasteiger charge is 2.44. The molecule has 0 amide bonds. The number of para-hydroxylation sites is 1. The molecule has 2 atom stereocenters. The predicted octanol–water partition coefficient (Wildman–Crippen LogP) is 4.35. The quantitative estimate of drug-likeness (QED) is 0.594. The SMILES string of the molecule is O=C(O)C[C@H]1O[C@H](c2cccc3c2OCCO3)c2cc(Cl)ccc2-n2c1nnc2C(F)(F)F. The summed E-state index contributed by atoms with van der Waals surface area (Å²) in [4.78, 5) is 11.6. The number of hydrogen-bond acceptors (Lipinski definition) is 6. The summed E-state index contributed by atoms with van der Waals surface area (Å²) < 4.78 is 59.7. The van der Waals surface area contributed by atoms with Crippen LogP contribution in [0.2, 0.25) is 5.02 Å². The van der Waals surface area contributed by atoms with Gasteiger partial charge < -0.3 is 19.3 Å². The van der Waals surface area contributed by atoms with E-state index in [4.69, 9.17) is 25.8 Å². The topological polar surface area (TPSA) is 95.7 Å². The molecule has 33 heavy (non-hydrogen) atoms. The molecule has 0 unspecified atom stereocenters. The molecule has 0 fully saturated rings. The lowest BCUT2D eigenvalue weighted by Crippen LogP contribution is -2.19. The van der Waals surface area contributed by atoms with Crippen LogP contribution >= 0.6 is 11.6 Å². The number of nitrogens with zero attached hydrogens (tertiary/aromatic N) is 3. The molecule has 2 aliphatic heterocycles. The fraction of sp³-hybridized carbons (Fsp3) is 0.286. The minimum Gasteiger partial charge on any atom is -0.486 e. The molecule has 0 radical (unpaired) electrons. The van der Waals surface area contributed by atoms with Gasteiger partial charge in [0.25, 0.3) is 0 Å². The first-order chi connectivity index (χ1) is 15.7. The highest BCUT2D eigenvalue weighted by molar-refractivity contribution is 6.30. The molecule has 0 bridgehead atoms. The van der Waals surface area contributed by atoms with E-state index in [2.05, 4.69) is 10.2 Å². The van der Waals surface area contributed by atoms with Crippen molar-refractivity contribution in [3.05, 3.63) is 64.2 Å². The molecule has 12 heteroatoms. The Labute approximate surface area is 189 Å². The zero-order chi connectivity index (χ0) is 23.3.